The third kappa shape index (κ3) is 9.27. The van der Waals surface area contributed by atoms with E-state index < -0.39 is 18.1 Å². The molecule has 3 rings (SSSR count). The fraction of sp³-hybridized carbons (Fsp3) is 0.240. The zero-order chi connectivity index (χ0) is 24.9. The Morgan fingerprint density at radius 2 is 1.53 bits per heavy atom. The van der Waals surface area contributed by atoms with Crippen molar-refractivity contribution in [2.24, 2.45) is 27.9 Å². The maximum Gasteiger partial charge on any atom is 0.320 e. The summed E-state index contributed by atoms with van der Waals surface area (Å²) in [5.41, 5.74) is 23.4. The van der Waals surface area contributed by atoms with Crippen molar-refractivity contribution in [3.05, 3.63) is 78.4 Å². The summed E-state index contributed by atoms with van der Waals surface area (Å²) in [5.74, 6) is -1.12. The van der Waals surface area contributed by atoms with Crippen LogP contribution in [0.15, 0.2) is 77.8 Å². The van der Waals surface area contributed by atoms with Crippen molar-refractivity contribution in [1.29, 1.82) is 0 Å². The first kappa shape index (κ1) is 26.3. The SMILES string of the molecule is NC(N)=NCCC[C@H](N)C(=O)Nc1ccc2ccccc2c1.N[C@@H](Cc1ccccc1)C(=O)O. The van der Waals surface area contributed by atoms with Gasteiger partial charge in [-0.25, -0.2) is 0 Å². The molecule has 0 aliphatic heterocycles. The van der Waals surface area contributed by atoms with Crippen LogP contribution in [0.2, 0.25) is 0 Å². The van der Waals surface area contributed by atoms with Crippen LogP contribution < -0.4 is 28.3 Å². The van der Waals surface area contributed by atoms with E-state index in [4.69, 9.17) is 28.0 Å². The molecule has 1 amide bonds. The summed E-state index contributed by atoms with van der Waals surface area (Å²) in [6, 6.07) is 21.7. The van der Waals surface area contributed by atoms with E-state index in [0.717, 1.165) is 22.0 Å². The van der Waals surface area contributed by atoms with E-state index in [2.05, 4.69) is 10.3 Å². The van der Waals surface area contributed by atoms with Crippen molar-refractivity contribution in [3.8, 4) is 0 Å². The highest BCUT2D eigenvalue weighted by atomic mass is 16.4. The zero-order valence-electron chi connectivity index (χ0n) is 18.9. The molecular formula is C25H32N6O3. The van der Waals surface area contributed by atoms with E-state index in [0.29, 0.717) is 25.8 Å². The number of guanidine groups is 1. The summed E-state index contributed by atoms with van der Waals surface area (Å²) in [5, 5.41) is 13.6. The number of nitrogens with one attached hydrogen (secondary N) is 1. The van der Waals surface area contributed by atoms with Crippen molar-refractivity contribution in [2.45, 2.75) is 31.3 Å². The Kier molecular flexibility index (Phi) is 10.5. The van der Waals surface area contributed by atoms with Crippen LogP contribution in [0.4, 0.5) is 5.69 Å². The molecule has 9 heteroatoms. The summed E-state index contributed by atoms with van der Waals surface area (Å²) in [4.78, 5) is 26.3. The van der Waals surface area contributed by atoms with E-state index in [1.54, 1.807) is 0 Å². The largest absolute Gasteiger partial charge is 0.480 e. The molecule has 0 saturated heterocycles. The van der Waals surface area contributed by atoms with Gasteiger partial charge in [0, 0.05) is 12.2 Å². The average molecular weight is 465 g/mol. The Morgan fingerprint density at radius 3 is 2.18 bits per heavy atom. The van der Waals surface area contributed by atoms with Crippen molar-refractivity contribution < 1.29 is 14.7 Å². The number of fused-ring (bicyclic) bond motifs is 1. The first-order chi connectivity index (χ1) is 16.3. The number of hydrogen-bond acceptors (Lipinski definition) is 5. The van der Waals surface area contributed by atoms with Gasteiger partial charge in [0.05, 0.1) is 6.04 Å². The highest BCUT2D eigenvalue weighted by Crippen LogP contribution is 2.19. The summed E-state index contributed by atoms with van der Waals surface area (Å²) >= 11 is 0. The molecule has 0 fully saturated rings. The van der Waals surface area contributed by atoms with Crippen LogP contribution >= 0.6 is 0 Å². The standard InChI is InChI=1S/C16H21N5O.C9H11NO2/c17-14(6-3-9-20-16(18)19)15(22)21-13-8-7-11-4-1-2-5-12(11)10-13;10-8(9(11)12)6-7-4-2-1-3-5-7/h1-2,4-5,7-8,10,14H,3,6,9,17H2,(H,21,22)(H4,18,19,20);1-5,8H,6,10H2,(H,11,12)/t14-;8-/m00/s1. The molecular weight excluding hydrogens is 432 g/mol. The van der Waals surface area contributed by atoms with Gasteiger partial charge in [-0.3, -0.25) is 14.6 Å². The smallest absolute Gasteiger partial charge is 0.320 e. The van der Waals surface area contributed by atoms with Gasteiger partial charge in [0.15, 0.2) is 5.96 Å². The lowest BCUT2D eigenvalue weighted by Gasteiger charge is -2.12. The molecule has 0 heterocycles. The normalized spacial score (nSPS) is 12.1. The average Bonchev–Trinajstić information content (AvgIpc) is 2.82. The van der Waals surface area contributed by atoms with Gasteiger partial charge in [-0.2, -0.15) is 0 Å². The lowest BCUT2D eigenvalue weighted by atomic mass is 10.1. The molecule has 9 nitrogen and oxygen atoms in total. The second kappa shape index (κ2) is 13.6. The molecule has 0 radical (unpaired) electrons. The van der Waals surface area contributed by atoms with Crippen molar-refractivity contribution in [2.75, 3.05) is 11.9 Å². The van der Waals surface area contributed by atoms with E-state index in [1.807, 2.05) is 72.8 Å². The fourth-order valence-corrected chi connectivity index (χ4v) is 3.11. The molecule has 10 N–H and O–H groups in total. The van der Waals surface area contributed by atoms with Gasteiger partial charge in [-0.05, 0) is 47.7 Å². The van der Waals surface area contributed by atoms with Crippen molar-refractivity contribution >= 4 is 34.3 Å². The Labute approximate surface area is 198 Å². The molecule has 0 spiro atoms. The number of amides is 1. The molecule has 0 aromatic heterocycles. The van der Waals surface area contributed by atoms with Gasteiger partial charge in [0.1, 0.15) is 6.04 Å². The van der Waals surface area contributed by atoms with Gasteiger partial charge in [0.2, 0.25) is 5.91 Å². The minimum Gasteiger partial charge on any atom is -0.480 e. The number of nitrogens with two attached hydrogens (primary N) is 4. The Balaban J connectivity index is 0.000000287. The number of carbonyl (C=O) groups excluding carboxylic acids is 1. The second-order valence-electron chi connectivity index (χ2n) is 7.74. The van der Waals surface area contributed by atoms with Crippen LogP contribution in [0.25, 0.3) is 10.8 Å². The van der Waals surface area contributed by atoms with Gasteiger partial charge in [-0.15, -0.1) is 0 Å². The highest BCUT2D eigenvalue weighted by molar-refractivity contribution is 5.97. The van der Waals surface area contributed by atoms with Crippen molar-refractivity contribution in [3.63, 3.8) is 0 Å². The molecule has 0 unspecified atom stereocenters. The fourth-order valence-electron chi connectivity index (χ4n) is 3.11. The summed E-state index contributed by atoms with van der Waals surface area (Å²) < 4.78 is 0. The minimum absolute atomic E-state index is 0.0502. The Morgan fingerprint density at radius 1 is 0.882 bits per heavy atom. The number of nitrogens with zero attached hydrogens (tertiary/aromatic N) is 1. The molecule has 3 aromatic carbocycles. The molecule has 0 aliphatic carbocycles. The third-order valence-corrected chi connectivity index (χ3v) is 4.94. The number of anilines is 1. The molecule has 0 saturated carbocycles. The number of carbonyl (C=O) groups is 2. The van der Waals surface area contributed by atoms with Crippen LogP contribution in [-0.4, -0.2) is 41.6 Å². The number of aliphatic imine (C=N–C) groups is 1. The van der Waals surface area contributed by atoms with E-state index in [-0.39, 0.29) is 11.9 Å². The van der Waals surface area contributed by atoms with Crippen LogP contribution in [0.5, 0.6) is 0 Å². The van der Waals surface area contributed by atoms with E-state index >= 15 is 0 Å². The maximum atomic E-state index is 12.1. The number of rotatable bonds is 9. The topological polar surface area (TPSA) is 183 Å². The summed E-state index contributed by atoms with van der Waals surface area (Å²) in [6.45, 7) is 0.472. The quantitative estimate of drug-likeness (QED) is 0.158. The lowest BCUT2D eigenvalue weighted by molar-refractivity contribution is -0.138. The highest BCUT2D eigenvalue weighted by Gasteiger charge is 2.13. The van der Waals surface area contributed by atoms with E-state index in [1.165, 1.54) is 0 Å². The van der Waals surface area contributed by atoms with Crippen LogP contribution in [0.3, 0.4) is 0 Å². The Bertz CT molecular complexity index is 1100. The molecule has 0 aliphatic rings. The number of benzene rings is 3. The maximum absolute atomic E-state index is 12.1. The third-order valence-electron chi connectivity index (χ3n) is 4.94. The zero-order valence-corrected chi connectivity index (χ0v) is 18.9. The van der Waals surface area contributed by atoms with Gasteiger partial charge >= 0.3 is 5.97 Å². The number of aliphatic carboxylic acids is 1. The van der Waals surface area contributed by atoms with Crippen LogP contribution in [0, 0.1) is 0 Å². The van der Waals surface area contributed by atoms with Crippen LogP contribution in [-0.2, 0) is 16.0 Å². The van der Waals surface area contributed by atoms with Crippen LogP contribution in [0.1, 0.15) is 18.4 Å². The molecule has 34 heavy (non-hydrogen) atoms. The molecule has 3 aromatic rings. The van der Waals surface area contributed by atoms with Gasteiger partial charge in [0.25, 0.3) is 0 Å². The summed E-state index contributed by atoms with van der Waals surface area (Å²) in [7, 11) is 0. The number of carboxylic acids is 1. The predicted octanol–water partition coefficient (Wildman–Crippen LogP) is 1.80. The summed E-state index contributed by atoms with van der Waals surface area (Å²) in [6.07, 6.45) is 1.57. The molecule has 2 atom stereocenters. The lowest BCUT2D eigenvalue weighted by Crippen LogP contribution is -2.35. The van der Waals surface area contributed by atoms with E-state index in [9.17, 15) is 9.59 Å². The molecule has 180 valence electrons. The van der Waals surface area contributed by atoms with Crippen molar-refractivity contribution in [1.82, 2.24) is 0 Å². The number of carboxylic acid groups (broad SMARTS) is 1. The first-order valence-electron chi connectivity index (χ1n) is 10.9. The monoisotopic (exact) mass is 464 g/mol. The Hall–Kier alpha value is -3.95. The molecule has 0 bridgehead atoms. The second-order valence-corrected chi connectivity index (χ2v) is 7.74. The number of hydrogen-bond donors (Lipinski definition) is 6. The first-order valence-corrected chi connectivity index (χ1v) is 10.9. The van der Waals surface area contributed by atoms with Gasteiger partial charge in [-0.1, -0.05) is 60.7 Å². The van der Waals surface area contributed by atoms with Gasteiger partial charge < -0.3 is 33.4 Å². The predicted molar refractivity (Wildman–Crippen MR) is 136 cm³/mol. The minimum atomic E-state index is -0.959.